The second-order valence-electron chi connectivity index (χ2n) is 5.52. The van der Waals surface area contributed by atoms with Crippen LogP contribution in [0.2, 0.25) is 0 Å². The summed E-state index contributed by atoms with van der Waals surface area (Å²) < 4.78 is 10.9. The Bertz CT molecular complexity index is 618. The van der Waals surface area contributed by atoms with Gasteiger partial charge in [-0.3, -0.25) is 10.1 Å². The molecule has 2 N–H and O–H groups in total. The van der Waals surface area contributed by atoms with E-state index in [4.69, 9.17) is 9.15 Å². The molecule has 1 atom stereocenters. The summed E-state index contributed by atoms with van der Waals surface area (Å²) in [6, 6.07) is 6.92. The number of furan rings is 1. The van der Waals surface area contributed by atoms with Gasteiger partial charge in [-0.05, 0) is 36.6 Å². The van der Waals surface area contributed by atoms with Crippen LogP contribution in [-0.2, 0) is 11.3 Å². The Labute approximate surface area is 123 Å². The van der Waals surface area contributed by atoms with Crippen LogP contribution in [0.15, 0.2) is 28.7 Å². The molecule has 1 heterocycles. The molecule has 1 aromatic carbocycles. The number of carboxylic acid groups (broad SMARTS) is 1. The molecule has 1 unspecified atom stereocenters. The minimum Gasteiger partial charge on any atom is -0.497 e. The van der Waals surface area contributed by atoms with Gasteiger partial charge in [0.1, 0.15) is 23.1 Å². The quantitative estimate of drug-likeness (QED) is 0.820. The Kier molecular flexibility index (Phi) is 4.85. The van der Waals surface area contributed by atoms with Gasteiger partial charge in [0.05, 0.1) is 13.7 Å². The summed E-state index contributed by atoms with van der Waals surface area (Å²) in [6.45, 7) is 4.40. The van der Waals surface area contributed by atoms with E-state index in [0.29, 0.717) is 24.6 Å². The van der Waals surface area contributed by atoms with Gasteiger partial charge >= 0.3 is 5.97 Å². The van der Waals surface area contributed by atoms with Crippen molar-refractivity contribution in [3.63, 3.8) is 0 Å². The van der Waals surface area contributed by atoms with Crippen molar-refractivity contribution in [1.82, 2.24) is 5.32 Å². The lowest BCUT2D eigenvalue weighted by atomic mass is 10.0. The van der Waals surface area contributed by atoms with Gasteiger partial charge in [-0.2, -0.15) is 0 Å². The molecule has 2 rings (SSSR count). The first-order valence-electron chi connectivity index (χ1n) is 7.02. The maximum absolute atomic E-state index is 11.2. The molecule has 21 heavy (non-hydrogen) atoms. The highest BCUT2D eigenvalue weighted by molar-refractivity contribution is 5.79. The fourth-order valence-corrected chi connectivity index (χ4v) is 2.26. The van der Waals surface area contributed by atoms with Crippen LogP contribution in [0.1, 0.15) is 26.0 Å². The molecule has 5 heteroatoms. The molecule has 0 aliphatic carbocycles. The topological polar surface area (TPSA) is 71.7 Å². The largest absolute Gasteiger partial charge is 0.497 e. The zero-order valence-electron chi connectivity index (χ0n) is 12.6. The first-order chi connectivity index (χ1) is 9.99. The second-order valence-corrected chi connectivity index (χ2v) is 5.52. The molecule has 0 saturated heterocycles. The van der Waals surface area contributed by atoms with E-state index >= 15 is 0 Å². The Morgan fingerprint density at radius 3 is 2.76 bits per heavy atom. The number of fused-ring (bicyclic) bond motifs is 1. The zero-order valence-corrected chi connectivity index (χ0v) is 12.6. The lowest BCUT2D eigenvalue weighted by Crippen LogP contribution is -2.37. The van der Waals surface area contributed by atoms with Gasteiger partial charge in [0.2, 0.25) is 0 Å². The highest BCUT2D eigenvalue weighted by atomic mass is 16.5. The summed E-state index contributed by atoms with van der Waals surface area (Å²) in [5, 5.41) is 13.2. The molecule has 0 aliphatic rings. The molecule has 0 radical (unpaired) electrons. The Balaban J connectivity index is 2.06. The number of nitrogens with one attached hydrogen (secondary N) is 1. The highest BCUT2D eigenvalue weighted by Crippen LogP contribution is 2.24. The number of carbonyl (C=O) groups is 1. The third-order valence-corrected chi connectivity index (χ3v) is 3.30. The lowest BCUT2D eigenvalue weighted by molar-refractivity contribution is -0.140. The summed E-state index contributed by atoms with van der Waals surface area (Å²) in [6.07, 6.45) is 0.587. The number of aliphatic carboxylic acids is 1. The smallest absolute Gasteiger partial charge is 0.320 e. The van der Waals surface area contributed by atoms with Gasteiger partial charge in [-0.25, -0.2) is 0 Å². The van der Waals surface area contributed by atoms with E-state index in [2.05, 4.69) is 5.32 Å². The van der Waals surface area contributed by atoms with E-state index in [0.717, 1.165) is 16.7 Å². The number of hydrogen-bond acceptors (Lipinski definition) is 4. The van der Waals surface area contributed by atoms with Crippen LogP contribution in [0.25, 0.3) is 11.0 Å². The van der Waals surface area contributed by atoms with Crippen LogP contribution in [0.5, 0.6) is 5.75 Å². The molecule has 0 bridgehead atoms. The molecule has 2 aromatic rings. The molecule has 0 fully saturated rings. The number of hydrogen-bond donors (Lipinski definition) is 2. The van der Waals surface area contributed by atoms with Crippen LogP contribution in [-0.4, -0.2) is 24.2 Å². The number of rotatable bonds is 7. The van der Waals surface area contributed by atoms with Gasteiger partial charge in [0.25, 0.3) is 0 Å². The van der Waals surface area contributed by atoms with Crippen LogP contribution >= 0.6 is 0 Å². The average molecular weight is 291 g/mol. The first-order valence-corrected chi connectivity index (χ1v) is 7.02. The van der Waals surface area contributed by atoms with Crippen molar-refractivity contribution < 1.29 is 19.1 Å². The third-order valence-electron chi connectivity index (χ3n) is 3.30. The molecule has 5 nitrogen and oxygen atoms in total. The summed E-state index contributed by atoms with van der Waals surface area (Å²) >= 11 is 0. The van der Waals surface area contributed by atoms with E-state index in [1.54, 1.807) is 7.11 Å². The Hall–Kier alpha value is -2.01. The summed E-state index contributed by atoms with van der Waals surface area (Å²) in [4.78, 5) is 11.2. The van der Waals surface area contributed by atoms with E-state index < -0.39 is 12.0 Å². The van der Waals surface area contributed by atoms with Crippen molar-refractivity contribution in [3.05, 3.63) is 30.0 Å². The van der Waals surface area contributed by atoms with Crippen LogP contribution in [0, 0.1) is 5.92 Å². The molecule has 1 aromatic heterocycles. The summed E-state index contributed by atoms with van der Waals surface area (Å²) in [5.41, 5.74) is 0.767. The van der Waals surface area contributed by atoms with Gasteiger partial charge < -0.3 is 14.3 Å². The normalized spacial score (nSPS) is 12.8. The molecule has 114 valence electrons. The van der Waals surface area contributed by atoms with Gasteiger partial charge in [-0.15, -0.1) is 0 Å². The van der Waals surface area contributed by atoms with Gasteiger partial charge in [0.15, 0.2) is 0 Å². The van der Waals surface area contributed by atoms with E-state index in [1.807, 2.05) is 38.1 Å². The number of methoxy groups -OCH3 is 1. The van der Waals surface area contributed by atoms with E-state index in [-0.39, 0.29) is 0 Å². The van der Waals surface area contributed by atoms with Crippen molar-refractivity contribution in [3.8, 4) is 5.75 Å². The molecular weight excluding hydrogens is 270 g/mol. The van der Waals surface area contributed by atoms with Crippen LogP contribution in [0.4, 0.5) is 0 Å². The predicted octanol–water partition coefficient (Wildman–Crippen LogP) is 3.03. The van der Waals surface area contributed by atoms with E-state index in [1.165, 1.54) is 0 Å². The van der Waals surface area contributed by atoms with Gasteiger partial charge in [0, 0.05) is 5.39 Å². The molecule has 0 aliphatic heterocycles. The SMILES string of the molecule is COc1ccc2oc(CNC(CC(C)C)C(=O)O)cc2c1. The maximum atomic E-state index is 11.2. The highest BCUT2D eigenvalue weighted by Gasteiger charge is 2.18. The summed E-state index contributed by atoms with van der Waals surface area (Å²) in [7, 11) is 1.62. The average Bonchev–Trinajstić information content (AvgIpc) is 2.84. The predicted molar refractivity (Wildman–Crippen MR) is 80.5 cm³/mol. The zero-order chi connectivity index (χ0) is 15.4. The first kappa shape index (κ1) is 15.4. The molecule has 0 amide bonds. The van der Waals surface area contributed by atoms with Crippen LogP contribution < -0.4 is 10.1 Å². The van der Waals surface area contributed by atoms with Crippen molar-refractivity contribution >= 4 is 16.9 Å². The Morgan fingerprint density at radius 2 is 2.14 bits per heavy atom. The van der Waals surface area contributed by atoms with Crippen molar-refractivity contribution in [1.29, 1.82) is 0 Å². The third kappa shape index (κ3) is 3.98. The van der Waals surface area contributed by atoms with Gasteiger partial charge in [-0.1, -0.05) is 13.8 Å². The molecule has 0 saturated carbocycles. The maximum Gasteiger partial charge on any atom is 0.320 e. The van der Waals surface area contributed by atoms with Crippen molar-refractivity contribution in [2.45, 2.75) is 32.9 Å². The number of carboxylic acids is 1. The summed E-state index contributed by atoms with van der Waals surface area (Å²) in [5.74, 6) is 0.972. The number of benzene rings is 1. The monoisotopic (exact) mass is 291 g/mol. The fourth-order valence-electron chi connectivity index (χ4n) is 2.26. The van der Waals surface area contributed by atoms with E-state index in [9.17, 15) is 9.90 Å². The molecular formula is C16H21NO4. The lowest BCUT2D eigenvalue weighted by Gasteiger charge is -2.15. The van der Waals surface area contributed by atoms with Crippen molar-refractivity contribution in [2.75, 3.05) is 7.11 Å². The standard InChI is InChI=1S/C16H21NO4/c1-10(2)6-14(16(18)19)17-9-13-8-11-7-12(20-3)4-5-15(11)21-13/h4-5,7-8,10,14,17H,6,9H2,1-3H3,(H,18,19). The van der Waals surface area contributed by atoms with Crippen LogP contribution in [0.3, 0.4) is 0 Å². The molecule has 0 spiro atoms. The van der Waals surface area contributed by atoms with Crippen molar-refractivity contribution in [2.24, 2.45) is 5.92 Å². The fraction of sp³-hybridized carbons (Fsp3) is 0.438. The minimum atomic E-state index is -0.832. The minimum absolute atomic E-state index is 0.318. The second kappa shape index (κ2) is 6.63. The number of ether oxygens (including phenoxy) is 1. The Morgan fingerprint density at radius 1 is 1.38 bits per heavy atom.